The lowest BCUT2D eigenvalue weighted by Gasteiger charge is -2.06. The third-order valence-electron chi connectivity index (χ3n) is 3.62. The van der Waals surface area contributed by atoms with E-state index in [9.17, 15) is 9.59 Å². The molecule has 1 aliphatic heterocycles. The minimum Gasteiger partial charge on any atom is -0.385 e. The molecule has 0 radical (unpaired) electrons. The maximum atomic E-state index is 11.9. The van der Waals surface area contributed by atoms with Crippen LogP contribution < -0.4 is 5.32 Å². The van der Waals surface area contributed by atoms with Gasteiger partial charge in [-0.1, -0.05) is 0 Å². The van der Waals surface area contributed by atoms with Crippen LogP contribution in [-0.2, 0) is 6.42 Å². The SMILES string of the molecule is Cc1ncsc1CCNc1ccc2c(c1)C(=O)N(C)C2=O. The van der Waals surface area contributed by atoms with Crippen molar-refractivity contribution in [2.75, 3.05) is 18.9 Å². The van der Waals surface area contributed by atoms with Gasteiger partial charge in [0.2, 0.25) is 0 Å². The zero-order valence-corrected chi connectivity index (χ0v) is 12.7. The number of aryl methyl sites for hydroxylation is 1. The number of carbonyl (C=O) groups is 2. The van der Waals surface area contributed by atoms with E-state index in [2.05, 4.69) is 10.3 Å². The molecule has 1 N–H and O–H groups in total. The molecule has 0 aliphatic carbocycles. The van der Waals surface area contributed by atoms with Crippen molar-refractivity contribution in [1.82, 2.24) is 9.88 Å². The fraction of sp³-hybridized carbons (Fsp3) is 0.267. The maximum absolute atomic E-state index is 11.9. The molecule has 2 heterocycles. The fourth-order valence-corrected chi connectivity index (χ4v) is 3.14. The van der Waals surface area contributed by atoms with Crippen LogP contribution in [0.5, 0.6) is 0 Å². The second-order valence-electron chi connectivity index (χ2n) is 4.97. The van der Waals surface area contributed by atoms with E-state index < -0.39 is 0 Å². The topological polar surface area (TPSA) is 62.3 Å². The second kappa shape index (κ2) is 5.29. The Morgan fingerprint density at radius 3 is 2.71 bits per heavy atom. The Kier molecular flexibility index (Phi) is 3.47. The first-order valence-corrected chi connectivity index (χ1v) is 7.55. The van der Waals surface area contributed by atoms with Crippen LogP contribution in [0.4, 0.5) is 5.69 Å². The molecule has 21 heavy (non-hydrogen) atoms. The Balaban J connectivity index is 1.70. The van der Waals surface area contributed by atoms with E-state index in [1.807, 2.05) is 18.5 Å². The number of carbonyl (C=O) groups excluding carboxylic acids is 2. The Bertz CT molecular complexity index is 723. The van der Waals surface area contributed by atoms with Gasteiger partial charge in [0.15, 0.2) is 0 Å². The van der Waals surface area contributed by atoms with Gasteiger partial charge in [-0.05, 0) is 25.1 Å². The molecular weight excluding hydrogens is 286 g/mol. The number of imide groups is 1. The first-order valence-electron chi connectivity index (χ1n) is 6.67. The predicted molar refractivity (Wildman–Crippen MR) is 81.9 cm³/mol. The third-order valence-corrected chi connectivity index (χ3v) is 4.61. The third kappa shape index (κ3) is 2.42. The highest BCUT2D eigenvalue weighted by Gasteiger charge is 2.32. The highest BCUT2D eigenvalue weighted by atomic mass is 32.1. The highest BCUT2D eigenvalue weighted by molar-refractivity contribution is 7.09. The number of nitrogens with one attached hydrogen (secondary N) is 1. The zero-order valence-electron chi connectivity index (χ0n) is 11.8. The Labute approximate surface area is 126 Å². The van der Waals surface area contributed by atoms with Gasteiger partial charge in [-0.3, -0.25) is 14.5 Å². The summed E-state index contributed by atoms with van der Waals surface area (Å²) in [5, 5.41) is 3.29. The normalized spacial score (nSPS) is 13.7. The molecule has 2 amide bonds. The summed E-state index contributed by atoms with van der Waals surface area (Å²) >= 11 is 1.65. The van der Waals surface area contributed by atoms with Crippen molar-refractivity contribution in [2.45, 2.75) is 13.3 Å². The van der Waals surface area contributed by atoms with Crippen molar-refractivity contribution in [3.8, 4) is 0 Å². The lowest BCUT2D eigenvalue weighted by atomic mass is 10.1. The number of thiazole rings is 1. The predicted octanol–water partition coefficient (Wildman–Crippen LogP) is 2.33. The number of hydrogen-bond donors (Lipinski definition) is 1. The van der Waals surface area contributed by atoms with Gasteiger partial charge in [0.05, 0.1) is 22.3 Å². The molecule has 5 nitrogen and oxygen atoms in total. The second-order valence-corrected chi connectivity index (χ2v) is 5.91. The van der Waals surface area contributed by atoms with E-state index in [1.165, 1.54) is 11.9 Å². The fourth-order valence-electron chi connectivity index (χ4n) is 2.36. The van der Waals surface area contributed by atoms with E-state index >= 15 is 0 Å². The number of fused-ring (bicyclic) bond motifs is 1. The van der Waals surface area contributed by atoms with Crippen LogP contribution in [0, 0.1) is 6.92 Å². The van der Waals surface area contributed by atoms with Gasteiger partial charge in [0, 0.05) is 30.6 Å². The number of benzene rings is 1. The molecule has 0 unspecified atom stereocenters. The molecule has 108 valence electrons. The molecule has 0 fully saturated rings. The molecule has 6 heteroatoms. The minimum absolute atomic E-state index is 0.234. The number of amides is 2. The van der Waals surface area contributed by atoms with Crippen LogP contribution in [0.1, 0.15) is 31.3 Å². The molecule has 2 aromatic rings. The monoisotopic (exact) mass is 301 g/mol. The van der Waals surface area contributed by atoms with Gasteiger partial charge >= 0.3 is 0 Å². The molecular formula is C15H15N3O2S. The summed E-state index contributed by atoms with van der Waals surface area (Å²) in [4.78, 5) is 30.4. The molecule has 0 atom stereocenters. The lowest BCUT2D eigenvalue weighted by molar-refractivity contribution is 0.0693. The summed E-state index contributed by atoms with van der Waals surface area (Å²) in [5.74, 6) is -0.473. The minimum atomic E-state index is -0.239. The average Bonchev–Trinajstić information content (AvgIpc) is 2.98. The van der Waals surface area contributed by atoms with Crippen LogP contribution in [0.25, 0.3) is 0 Å². The first kappa shape index (κ1) is 13.8. The Morgan fingerprint density at radius 1 is 1.24 bits per heavy atom. The lowest BCUT2D eigenvalue weighted by Crippen LogP contribution is -2.24. The van der Waals surface area contributed by atoms with Gasteiger partial charge in [0.1, 0.15) is 0 Å². The number of hydrogen-bond acceptors (Lipinski definition) is 5. The van der Waals surface area contributed by atoms with Crippen molar-refractivity contribution in [2.24, 2.45) is 0 Å². The molecule has 1 aromatic carbocycles. The molecule has 0 saturated heterocycles. The molecule has 1 aromatic heterocycles. The standard InChI is InChI=1S/C15H15N3O2S/c1-9-13(21-8-17-9)5-6-16-10-3-4-11-12(7-10)15(20)18(2)14(11)19/h3-4,7-8,16H,5-6H2,1-2H3. The van der Waals surface area contributed by atoms with Crippen LogP contribution in [-0.4, -0.2) is 35.3 Å². The van der Waals surface area contributed by atoms with E-state index in [0.717, 1.165) is 29.2 Å². The number of rotatable bonds is 4. The summed E-state index contributed by atoms with van der Waals surface area (Å²) in [5.41, 5.74) is 4.72. The quantitative estimate of drug-likeness (QED) is 0.880. The van der Waals surface area contributed by atoms with Crippen LogP contribution >= 0.6 is 11.3 Å². The van der Waals surface area contributed by atoms with E-state index in [4.69, 9.17) is 0 Å². The largest absolute Gasteiger partial charge is 0.385 e. The van der Waals surface area contributed by atoms with Crippen LogP contribution in [0.15, 0.2) is 23.7 Å². The zero-order chi connectivity index (χ0) is 15.0. The van der Waals surface area contributed by atoms with Gasteiger partial charge in [-0.15, -0.1) is 11.3 Å². The first-order chi connectivity index (χ1) is 10.1. The maximum Gasteiger partial charge on any atom is 0.261 e. The van der Waals surface area contributed by atoms with E-state index in [-0.39, 0.29) is 11.8 Å². The van der Waals surface area contributed by atoms with Crippen molar-refractivity contribution in [1.29, 1.82) is 0 Å². The molecule has 0 saturated carbocycles. The summed E-state index contributed by atoms with van der Waals surface area (Å²) in [6.07, 6.45) is 0.889. The Hall–Kier alpha value is -2.21. The molecule has 0 bridgehead atoms. The van der Waals surface area contributed by atoms with Crippen molar-refractivity contribution < 1.29 is 9.59 Å². The van der Waals surface area contributed by atoms with Gasteiger partial charge in [-0.25, -0.2) is 4.98 Å². The Morgan fingerprint density at radius 2 is 2.00 bits per heavy atom. The van der Waals surface area contributed by atoms with Crippen LogP contribution in [0.3, 0.4) is 0 Å². The summed E-state index contributed by atoms with van der Waals surface area (Å²) in [7, 11) is 1.50. The highest BCUT2D eigenvalue weighted by Crippen LogP contribution is 2.24. The van der Waals surface area contributed by atoms with E-state index in [1.54, 1.807) is 23.5 Å². The summed E-state index contributed by atoms with van der Waals surface area (Å²) < 4.78 is 0. The van der Waals surface area contributed by atoms with Crippen molar-refractivity contribution >= 4 is 28.8 Å². The molecule has 0 spiro atoms. The van der Waals surface area contributed by atoms with Gasteiger partial charge in [-0.2, -0.15) is 0 Å². The summed E-state index contributed by atoms with van der Waals surface area (Å²) in [6, 6.07) is 5.29. The van der Waals surface area contributed by atoms with Crippen LogP contribution in [0.2, 0.25) is 0 Å². The van der Waals surface area contributed by atoms with E-state index in [0.29, 0.717) is 11.1 Å². The van der Waals surface area contributed by atoms with Crippen molar-refractivity contribution in [3.05, 3.63) is 45.4 Å². The molecule has 3 rings (SSSR count). The van der Waals surface area contributed by atoms with Crippen molar-refractivity contribution in [3.63, 3.8) is 0 Å². The summed E-state index contributed by atoms with van der Waals surface area (Å²) in [6.45, 7) is 2.77. The number of anilines is 1. The van der Waals surface area contributed by atoms with Gasteiger partial charge in [0.25, 0.3) is 11.8 Å². The molecule has 1 aliphatic rings. The number of aromatic nitrogens is 1. The number of nitrogens with zero attached hydrogens (tertiary/aromatic N) is 2. The smallest absolute Gasteiger partial charge is 0.261 e. The van der Waals surface area contributed by atoms with Gasteiger partial charge < -0.3 is 5.32 Å². The average molecular weight is 301 g/mol.